The number of benzene rings is 2. The summed E-state index contributed by atoms with van der Waals surface area (Å²) in [5.41, 5.74) is 2.51. The molecule has 0 heterocycles. The predicted molar refractivity (Wildman–Crippen MR) is 96.1 cm³/mol. The minimum atomic E-state index is -1.04. The summed E-state index contributed by atoms with van der Waals surface area (Å²) in [4.78, 5) is 24.6. The molecule has 2 atom stereocenters. The lowest BCUT2D eigenvalue weighted by molar-refractivity contribution is -0.122. The third-order valence-electron chi connectivity index (χ3n) is 4.33. The van der Waals surface area contributed by atoms with Crippen LogP contribution in [0.5, 0.6) is 0 Å². The van der Waals surface area contributed by atoms with Gasteiger partial charge in [-0.05, 0) is 49.6 Å². The molecule has 0 bridgehead atoms. The van der Waals surface area contributed by atoms with Crippen LogP contribution in [0.1, 0.15) is 17.5 Å². The lowest BCUT2D eigenvalue weighted by atomic mass is 10.1. The lowest BCUT2D eigenvalue weighted by Crippen LogP contribution is -2.21. The van der Waals surface area contributed by atoms with Crippen LogP contribution in [-0.4, -0.2) is 11.8 Å². The van der Waals surface area contributed by atoms with Gasteiger partial charge in [0.25, 0.3) is 0 Å². The highest BCUT2D eigenvalue weighted by molar-refractivity contribution is 6.34. The second-order valence-electron chi connectivity index (χ2n) is 6.49. The molecular weight excluding hydrogens is 362 g/mol. The smallest absolute Gasteiger partial charge is 0.228 e. The molecule has 0 spiro atoms. The van der Waals surface area contributed by atoms with Gasteiger partial charge in [-0.1, -0.05) is 17.7 Å². The molecule has 2 N–H and O–H groups in total. The van der Waals surface area contributed by atoms with E-state index in [-0.39, 0.29) is 11.6 Å². The molecule has 1 saturated carbocycles. The maximum atomic E-state index is 13.2. The van der Waals surface area contributed by atoms with E-state index >= 15 is 0 Å². The molecule has 1 fully saturated rings. The van der Waals surface area contributed by atoms with Gasteiger partial charge in [-0.25, -0.2) is 8.78 Å². The molecule has 2 aromatic carbocycles. The van der Waals surface area contributed by atoms with Gasteiger partial charge < -0.3 is 10.6 Å². The van der Waals surface area contributed by atoms with Crippen molar-refractivity contribution in [1.82, 2.24) is 0 Å². The van der Waals surface area contributed by atoms with Crippen LogP contribution < -0.4 is 10.6 Å². The van der Waals surface area contributed by atoms with E-state index in [4.69, 9.17) is 11.6 Å². The zero-order chi connectivity index (χ0) is 19.0. The number of nitrogens with one attached hydrogen (secondary N) is 2. The number of carbonyl (C=O) groups excluding carboxylic acids is 2. The summed E-state index contributed by atoms with van der Waals surface area (Å²) in [7, 11) is 0. The normalized spacial score (nSPS) is 18.3. The van der Waals surface area contributed by atoms with Crippen LogP contribution in [0.3, 0.4) is 0 Å². The van der Waals surface area contributed by atoms with Gasteiger partial charge >= 0.3 is 0 Å². The number of anilines is 2. The summed E-state index contributed by atoms with van der Waals surface area (Å²) in [6.07, 6.45) is 0.393. The average Bonchev–Trinajstić information content (AvgIpc) is 3.35. The maximum Gasteiger partial charge on any atom is 0.228 e. The summed E-state index contributed by atoms with van der Waals surface area (Å²) >= 11 is 6.18. The van der Waals surface area contributed by atoms with E-state index in [1.807, 2.05) is 19.9 Å². The molecule has 0 aliphatic heterocycles. The monoisotopic (exact) mass is 378 g/mol. The van der Waals surface area contributed by atoms with Crippen molar-refractivity contribution in [1.29, 1.82) is 0 Å². The van der Waals surface area contributed by atoms with Gasteiger partial charge in [0.15, 0.2) is 11.6 Å². The SMILES string of the molecule is Cc1cc(C)c(NC(=O)C2CC2C(=O)Nc2ccc(F)c(F)c2)c(Cl)c1. The van der Waals surface area contributed by atoms with Gasteiger partial charge in [-0.15, -0.1) is 0 Å². The Kier molecular flexibility index (Phi) is 4.96. The van der Waals surface area contributed by atoms with Crippen molar-refractivity contribution < 1.29 is 18.4 Å². The van der Waals surface area contributed by atoms with Crippen molar-refractivity contribution in [3.8, 4) is 0 Å². The molecule has 3 rings (SSSR count). The van der Waals surface area contributed by atoms with Crippen LogP contribution in [0.2, 0.25) is 5.02 Å². The fourth-order valence-corrected chi connectivity index (χ4v) is 3.24. The standard InChI is InChI=1S/C19H17ClF2N2O2/c1-9-5-10(2)17(14(20)6-9)24-19(26)13-8-12(13)18(25)23-11-3-4-15(21)16(22)7-11/h3-7,12-13H,8H2,1-2H3,(H,23,25)(H,24,26). The molecule has 2 amide bonds. The Morgan fingerprint density at radius 2 is 1.65 bits per heavy atom. The van der Waals surface area contributed by atoms with Crippen LogP contribution in [0.15, 0.2) is 30.3 Å². The van der Waals surface area contributed by atoms with Gasteiger partial charge in [0.05, 0.1) is 22.5 Å². The largest absolute Gasteiger partial charge is 0.326 e. The van der Waals surface area contributed by atoms with Crippen LogP contribution in [0.25, 0.3) is 0 Å². The first-order valence-corrected chi connectivity index (χ1v) is 8.47. The minimum Gasteiger partial charge on any atom is -0.326 e. The summed E-state index contributed by atoms with van der Waals surface area (Å²) in [6.45, 7) is 3.75. The van der Waals surface area contributed by atoms with Gasteiger partial charge in [-0.2, -0.15) is 0 Å². The van der Waals surface area contributed by atoms with Gasteiger partial charge in [0, 0.05) is 11.8 Å². The first kappa shape index (κ1) is 18.3. The van der Waals surface area contributed by atoms with E-state index in [9.17, 15) is 18.4 Å². The first-order valence-electron chi connectivity index (χ1n) is 8.10. The predicted octanol–water partition coefficient (Wildman–Crippen LogP) is 4.45. The summed E-state index contributed by atoms with van der Waals surface area (Å²) < 4.78 is 26.1. The summed E-state index contributed by atoms with van der Waals surface area (Å²) in [6, 6.07) is 6.76. The third kappa shape index (κ3) is 3.85. The molecular formula is C19H17ClF2N2O2. The molecule has 26 heavy (non-hydrogen) atoms. The number of aryl methyl sites for hydroxylation is 2. The number of hydrogen-bond donors (Lipinski definition) is 2. The number of carbonyl (C=O) groups is 2. The third-order valence-corrected chi connectivity index (χ3v) is 4.63. The van der Waals surface area contributed by atoms with Gasteiger partial charge in [0.1, 0.15) is 0 Å². The molecule has 7 heteroatoms. The number of halogens is 3. The Hall–Kier alpha value is -2.47. The van der Waals surface area contributed by atoms with Crippen molar-refractivity contribution in [3.05, 3.63) is 58.1 Å². The number of rotatable bonds is 4. The number of hydrogen-bond acceptors (Lipinski definition) is 2. The van der Waals surface area contributed by atoms with Crippen LogP contribution in [0.4, 0.5) is 20.2 Å². The second-order valence-corrected chi connectivity index (χ2v) is 6.90. The maximum absolute atomic E-state index is 13.2. The Labute approximate surface area is 154 Å². The van der Waals surface area contributed by atoms with E-state index in [0.29, 0.717) is 17.1 Å². The molecule has 2 unspecified atom stereocenters. The van der Waals surface area contributed by atoms with Gasteiger partial charge in [0.2, 0.25) is 11.8 Å². The highest BCUT2D eigenvalue weighted by Crippen LogP contribution is 2.41. The molecule has 136 valence electrons. The van der Waals surface area contributed by atoms with Crippen molar-refractivity contribution in [2.75, 3.05) is 10.6 Å². The Morgan fingerprint density at radius 1 is 1.00 bits per heavy atom. The van der Waals surface area contributed by atoms with E-state index in [1.54, 1.807) is 6.07 Å². The van der Waals surface area contributed by atoms with Crippen LogP contribution in [0, 0.1) is 37.3 Å². The lowest BCUT2D eigenvalue weighted by Gasteiger charge is -2.11. The van der Waals surface area contributed by atoms with Crippen molar-refractivity contribution in [2.45, 2.75) is 20.3 Å². The van der Waals surface area contributed by atoms with Crippen molar-refractivity contribution in [2.24, 2.45) is 11.8 Å². The molecule has 0 saturated heterocycles. The van der Waals surface area contributed by atoms with E-state index in [0.717, 1.165) is 23.3 Å². The topological polar surface area (TPSA) is 58.2 Å². The molecule has 1 aliphatic rings. The number of amides is 2. The molecule has 0 radical (unpaired) electrons. The molecule has 2 aromatic rings. The fraction of sp³-hybridized carbons (Fsp3) is 0.263. The van der Waals surface area contributed by atoms with E-state index in [2.05, 4.69) is 10.6 Å². The highest BCUT2D eigenvalue weighted by atomic mass is 35.5. The first-order chi connectivity index (χ1) is 12.3. The Bertz CT molecular complexity index is 878. The second kappa shape index (κ2) is 7.03. The van der Waals surface area contributed by atoms with Crippen molar-refractivity contribution >= 4 is 34.8 Å². The quantitative estimate of drug-likeness (QED) is 0.825. The Morgan fingerprint density at radius 3 is 2.27 bits per heavy atom. The zero-order valence-corrected chi connectivity index (χ0v) is 15.0. The zero-order valence-electron chi connectivity index (χ0n) is 14.2. The van der Waals surface area contributed by atoms with E-state index < -0.39 is 29.4 Å². The van der Waals surface area contributed by atoms with Gasteiger partial charge in [-0.3, -0.25) is 9.59 Å². The Balaban J connectivity index is 1.62. The highest BCUT2D eigenvalue weighted by Gasteiger charge is 2.48. The summed E-state index contributed by atoms with van der Waals surface area (Å²) in [5.74, 6) is -3.70. The molecule has 1 aliphatic carbocycles. The fourth-order valence-electron chi connectivity index (χ4n) is 2.87. The summed E-state index contributed by atoms with van der Waals surface area (Å²) in [5, 5.41) is 5.72. The minimum absolute atomic E-state index is 0.150. The van der Waals surface area contributed by atoms with E-state index in [1.165, 1.54) is 6.07 Å². The molecule has 0 aromatic heterocycles. The van der Waals surface area contributed by atoms with Crippen molar-refractivity contribution in [3.63, 3.8) is 0 Å². The average molecular weight is 379 g/mol. The van der Waals surface area contributed by atoms with Crippen LogP contribution >= 0.6 is 11.6 Å². The van der Waals surface area contributed by atoms with Crippen LogP contribution in [-0.2, 0) is 9.59 Å². The molecule has 4 nitrogen and oxygen atoms in total.